The van der Waals surface area contributed by atoms with Crippen molar-refractivity contribution in [2.45, 2.75) is 24.9 Å². The molecule has 0 radical (unpaired) electrons. The van der Waals surface area contributed by atoms with Crippen LogP contribution in [-0.2, 0) is 6.61 Å². The second kappa shape index (κ2) is 2.46. The third-order valence-electron chi connectivity index (χ3n) is 3.22. The summed E-state index contributed by atoms with van der Waals surface area (Å²) in [6.45, 7) is 0.161. The molecule has 1 heteroatoms. The maximum atomic E-state index is 9.02. The van der Waals surface area contributed by atoms with Gasteiger partial charge in [0.25, 0.3) is 0 Å². The van der Waals surface area contributed by atoms with Gasteiger partial charge in [0, 0.05) is 11.8 Å². The summed E-state index contributed by atoms with van der Waals surface area (Å²) in [4.78, 5) is 0. The van der Waals surface area contributed by atoms with Crippen LogP contribution in [0, 0.1) is 0 Å². The Morgan fingerprint density at radius 1 is 1.15 bits per heavy atom. The van der Waals surface area contributed by atoms with E-state index in [0.717, 1.165) is 5.56 Å². The molecule has 0 aromatic heterocycles. The predicted molar refractivity (Wildman–Crippen MR) is 51.6 cm³/mol. The van der Waals surface area contributed by atoms with E-state index in [0.29, 0.717) is 11.8 Å². The maximum absolute atomic E-state index is 9.02. The average Bonchev–Trinajstić information content (AvgIpc) is 2.77. The van der Waals surface area contributed by atoms with E-state index in [1.165, 1.54) is 17.5 Å². The number of fused-ring (bicyclic) bond motifs is 5. The minimum absolute atomic E-state index is 0.161. The van der Waals surface area contributed by atoms with Crippen LogP contribution < -0.4 is 0 Å². The Balaban J connectivity index is 2.14. The lowest BCUT2D eigenvalue weighted by molar-refractivity contribution is 0.281. The lowest BCUT2D eigenvalue weighted by atomic mass is 9.95. The molecule has 0 amide bonds. The van der Waals surface area contributed by atoms with Gasteiger partial charge in [-0.2, -0.15) is 0 Å². The number of allylic oxidation sites excluding steroid dienone is 2. The van der Waals surface area contributed by atoms with Crippen LogP contribution in [0.3, 0.4) is 0 Å². The monoisotopic (exact) mass is 172 g/mol. The Labute approximate surface area is 77.7 Å². The molecule has 1 nitrogen and oxygen atoms in total. The summed E-state index contributed by atoms with van der Waals surface area (Å²) in [5.74, 6) is 1.29. The van der Waals surface area contributed by atoms with Crippen molar-refractivity contribution in [1.82, 2.24) is 0 Å². The normalized spacial score (nSPS) is 28.1. The number of aliphatic hydroxyl groups excluding tert-OH is 1. The SMILES string of the molecule is OCc1ccc2c(c1)[C@H]1C=C[C@H]2C1. The molecule has 0 fully saturated rings. The molecule has 1 aromatic rings. The van der Waals surface area contributed by atoms with Gasteiger partial charge in [0.2, 0.25) is 0 Å². The van der Waals surface area contributed by atoms with Crippen LogP contribution in [-0.4, -0.2) is 5.11 Å². The number of benzene rings is 1. The van der Waals surface area contributed by atoms with E-state index in [-0.39, 0.29) is 6.61 Å². The van der Waals surface area contributed by atoms with Gasteiger partial charge in [-0.25, -0.2) is 0 Å². The largest absolute Gasteiger partial charge is 0.392 e. The minimum Gasteiger partial charge on any atom is -0.392 e. The zero-order valence-corrected chi connectivity index (χ0v) is 7.40. The molecule has 2 aliphatic rings. The fourth-order valence-electron chi connectivity index (χ4n) is 2.54. The molecule has 0 unspecified atom stereocenters. The first kappa shape index (κ1) is 7.34. The molecule has 13 heavy (non-hydrogen) atoms. The molecule has 2 aliphatic carbocycles. The van der Waals surface area contributed by atoms with Gasteiger partial charge in [0.1, 0.15) is 0 Å². The van der Waals surface area contributed by atoms with Crippen molar-refractivity contribution in [1.29, 1.82) is 0 Å². The summed E-state index contributed by atoms with van der Waals surface area (Å²) >= 11 is 0. The Bertz CT molecular complexity index is 379. The van der Waals surface area contributed by atoms with Crippen LogP contribution in [0.25, 0.3) is 0 Å². The van der Waals surface area contributed by atoms with Gasteiger partial charge in [-0.15, -0.1) is 0 Å². The van der Waals surface area contributed by atoms with Gasteiger partial charge >= 0.3 is 0 Å². The van der Waals surface area contributed by atoms with E-state index in [9.17, 15) is 0 Å². The van der Waals surface area contributed by atoms with Crippen LogP contribution in [0.5, 0.6) is 0 Å². The zero-order chi connectivity index (χ0) is 8.84. The molecule has 0 aliphatic heterocycles. The van der Waals surface area contributed by atoms with Crippen molar-refractivity contribution >= 4 is 0 Å². The van der Waals surface area contributed by atoms with Gasteiger partial charge in [0.15, 0.2) is 0 Å². The predicted octanol–water partition coefficient (Wildman–Crippen LogP) is 2.32. The van der Waals surface area contributed by atoms with Crippen molar-refractivity contribution < 1.29 is 5.11 Å². The van der Waals surface area contributed by atoms with Crippen molar-refractivity contribution in [3.63, 3.8) is 0 Å². The molecular formula is C12H12O. The number of hydrogen-bond acceptors (Lipinski definition) is 1. The molecule has 0 heterocycles. The fourth-order valence-corrected chi connectivity index (χ4v) is 2.54. The summed E-state index contributed by atoms with van der Waals surface area (Å²) in [6.07, 6.45) is 5.87. The van der Waals surface area contributed by atoms with Crippen LogP contribution in [0.1, 0.15) is 34.9 Å². The van der Waals surface area contributed by atoms with Crippen molar-refractivity contribution in [3.8, 4) is 0 Å². The molecule has 0 saturated carbocycles. The number of hydrogen-bond donors (Lipinski definition) is 1. The van der Waals surface area contributed by atoms with Crippen LogP contribution in [0.2, 0.25) is 0 Å². The third-order valence-corrected chi connectivity index (χ3v) is 3.22. The second-order valence-corrected chi connectivity index (χ2v) is 3.95. The van der Waals surface area contributed by atoms with Gasteiger partial charge in [-0.3, -0.25) is 0 Å². The minimum atomic E-state index is 0.161. The Morgan fingerprint density at radius 3 is 2.69 bits per heavy atom. The van der Waals surface area contributed by atoms with Gasteiger partial charge < -0.3 is 5.11 Å². The maximum Gasteiger partial charge on any atom is 0.0681 e. The third kappa shape index (κ3) is 0.909. The summed E-state index contributed by atoms with van der Waals surface area (Å²) in [7, 11) is 0. The van der Waals surface area contributed by atoms with Crippen LogP contribution in [0.4, 0.5) is 0 Å². The number of rotatable bonds is 1. The van der Waals surface area contributed by atoms with E-state index < -0.39 is 0 Å². The lowest BCUT2D eigenvalue weighted by Gasteiger charge is -2.10. The average molecular weight is 172 g/mol. The molecule has 1 aromatic carbocycles. The smallest absolute Gasteiger partial charge is 0.0681 e. The Kier molecular flexibility index (Phi) is 1.39. The van der Waals surface area contributed by atoms with Crippen molar-refractivity contribution in [2.24, 2.45) is 0 Å². The van der Waals surface area contributed by atoms with Crippen molar-refractivity contribution in [3.05, 3.63) is 47.0 Å². The molecule has 0 saturated heterocycles. The highest BCUT2D eigenvalue weighted by molar-refractivity contribution is 5.48. The summed E-state index contributed by atoms with van der Waals surface area (Å²) in [6, 6.07) is 6.37. The molecule has 2 bridgehead atoms. The standard InChI is InChI=1S/C12H12O/c13-7-8-1-4-11-9-2-3-10(6-9)12(11)5-8/h1-5,9-10,13H,6-7H2/t9-,10-/m0/s1. The van der Waals surface area contributed by atoms with Crippen LogP contribution in [0.15, 0.2) is 30.4 Å². The van der Waals surface area contributed by atoms with E-state index in [2.05, 4.69) is 24.3 Å². The first-order chi connectivity index (χ1) is 6.38. The summed E-state index contributed by atoms with van der Waals surface area (Å²) in [5.41, 5.74) is 3.96. The Morgan fingerprint density at radius 2 is 1.92 bits per heavy atom. The van der Waals surface area contributed by atoms with Gasteiger partial charge in [0.05, 0.1) is 6.61 Å². The number of aliphatic hydroxyl groups is 1. The first-order valence-electron chi connectivity index (χ1n) is 4.80. The molecule has 66 valence electrons. The van der Waals surface area contributed by atoms with Gasteiger partial charge in [-0.05, 0) is 23.1 Å². The molecule has 3 rings (SSSR count). The van der Waals surface area contributed by atoms with Crippen molar-refractivity contribution in [2.75, 3.05) is 0 Å². The molecular weight excluding hydrogens is 160 g/mol. The zero-order valence-electron chi connectivity index (χ0n) is 7.40. The summed E-state index contributed by atoms with van der Waals surface area (Å²) in [5, 5.41) is 9.02. The van der Waals surface area contributed by atoms with E-state index in [4.69, 9.17) is 5.11 Å². The Hall–Kier alpha value is -1.08. The first-order valence-corrected chi connectivity index (χ1v) is 4.80. The van der Waals surface area contributed by atoms with E-state index >= 15 is 0 Å². The van der Waals surface area contributed by atoms with Gasteiger partial charge in [-0.1, -0.05) is 30.4 Å². The lowest BCUT2D eigenvalue weighted by Crippen LogP contribution is -1.94. The quantitative estimate of drug-likeness (QED) is 0.644. The van der Waals surface area contributed by atoms with Crippen LogP contribution >= 0.6 is 0 Å². The highest BCUT2D eigenvalue weighted by atomic mass is 16.3. The molecule has 2 atom stereocenters. The fraction of sp³-hybridized carbons (Fsp3) is 0.333. The highest BCUT2D eigenvalue weighted by Crippen LogP contribution is 2.48. The molecule has 0 spiro atoms. The van der Waals surface area contributed by atoms with E-state index in [1.54, 1.807) is 0 Å². The van der Waals surface area contributed by atoms with E-state index in [1.807, 2.05) is 6.07 Å². The molecule has 1 N–H and O–H groups in total. The summed E-state index contributed by atoms with van der Waals surface area (Å²) < 4.78 is 0. The highest BCUT2D eigenvalue weighted by Gasteiger charge is 2.32. The topological polar surface area (TPSA) is 20.2 Å². The second-order valence-electron chi connectivity index (χ2n) is 3.95.